The molecule has 0 atom stereocenters. The molecule has 4 rings (SSSR count). The van der Waals surface area contributed by atoms with E-state index in [2.05, 4.69) is 6.58 Å². The Morgan fingerprint density at radius 2 is 2.00 bits per heavy atom. The van der Waals surface area contributed by atoms with E-state index in [1.807, 2.05) is 36.1 Å². The Hall–Kier alpha value is -3.29. The number of primary amides is 1. The van der Waals surface area contributed by atoms with Crippen molar-refractivity contribution < 1.29 is 14.3 Å². The SMILES string of the molecule is C.C=CC(=O)N1CCC2(CC(n3nc(-c4ccc(OCCC)cc4)c(C(N)=O)c3N)C2)C1. The summed E-state index contributed by atoms with van der Waals surface area (Å²) in [6.45, 7) is 7.74. The first-order chi connectivity index (χ1) is 14.9. The molecule has 1 spiro atoms. The smallest absolute Gasteiger partial charge is 0.254 e. The molecule has 1 aliphatic carbocycles. The topological polar surface area (TPSA) is 116 Å². The van der Waals surface area contributed by atoms with E-state index in [1.165, 1.54) is 6.08 Å². The lowest BCUT2D eigenvalue weighted by atomic mass is 9.65. The van der Waals surface area contributed by atoms with Crippen LogP contribution in [0.5, 0.6) is 5.75 Å². The number of hydrogen-bond acceptors (Lipinski definition) is 5. The summed E-state index contributed by atoms with van der Waals surface area (Å²) >= 11 is 0. The summed E-state index contributed by atoms with van der Waals surface area (Å²) in [5.41, 5.74) is 13.6. The number of carbonyl (C=O) groups is 2. The van der Waals surface area contributed by atoms with Crippen molar-refractivity contribution in [1.29, 1.82) is 0 Å². The van der Waals surface area contributed by atoms with Crippen LogP contribution in [0.25, 0.3) is 11.3 Å². The number of amides is 2. The minimum absolute atomic E-state index is 0. The van der Waals surface area contributed by atoms with Gasteiger partial charge in [0.2, 0.25) is 5.91 Å². The third kappa shape index (κ3) is 4.09. The molecule has 0 bridgehead atoms. The molecular weight excluding hydrogens is 406 g/mol. The average molecular weight is 440 g/mol. The van der Waals surface area contributed by atoms with Gasteiger partial charge in [0.15, 0.2) is 0 Å². The summed E-state index contributed by atoms with van der Waals surface area (Å²) in [4.78, 5) is 25.9. The fraction of sp³-hybridized carbons (Fsp3) is 0.458. The van der Waals surface area contributed by atoms with E-state index >= 15 is 0 Å². The highest BCUT2D eigenvalue weighted by atomic mass is 16.5. The summed E-state index contributed by atoms with van der Waals surface area (Å²) in [7, 11) is 0. The third-order valence-electron chi connectivity index (χ3n) is 6.40. The normalized spacial score (nSPS) is 21.7. The molecule has 1 aromatic heterocycles. The molecule has 0 radical (unpaired) electrons. The van der Waals surface area contributed by atoms with Gasteiger partial charge in [0.05, 0.1) is 12.6 Å². The molecule has 1 saturated heterocycles. The van der Waals surface area contributed by atoms with Crippen LogP contribution in [0.1, 0.15) is 56.4 Å². The Morgan fingerprint density at radius 3 is 2.59 bits per heavy atom. The van der Waals surface area contributed by atoms with Crippen molar-refractivity contribution in [1.82, 2.24) is 14.7 Å². The standard InChI is InChI=1S/C23H29N5O3.CH4/c1-3-11-31-17-7-5-15(6-8-17)20-19(22(25)30)21(24)28(26-20)16-12-23(13-16)9-10-27(14-23)18(29)4-2;/h4-8,16H,2-3,9-14,24H2,1H3,(H2,25,30);1H4. The highest BCUT2D eigenvalue weighted by molar-refractivity contribution is 6.03. The largest absolute Gasteiger partial charge is 0.494 e. The van der Waals surface area contributed by atoms with Crippen LogP contribution in [0.15, 0.2) is 36.9 Å². The monoisotopic (exact) mass is 439 g/mol. The number of nitrogen functional groups attached to an aromatic ring is 1. The van der Waals surface area contributed by atoms with E-state index in [0.717, 1.165) is 50.1 Å². The van der Waals surface area contributed by atoms with Crippen LogP contribution >= 0.6 is 0 Å². The van der Waals surface area contributed by atoms with E-state index in [1.54, 1.807) is 4.68 Å². The Balaban J connectivity index is 0.00000289. The zero-order chi connectivity index (χ0) is 22.2. The number of benzene rings is 1. The van der Waals surface area contributed by atoms with Gasteiger partial charge in [0.25, 0.3) is 5.91 Å². The first-order valence-corrected chi connectivity index (χ1v) is 10.7. The number of rotatable bonds is 7. The van der Waals surface area contributed by atoms with Crippen molar-refractivity contribution in [2.24, 2.45) is 11.1 Å². The fourth-order valence-electron chi connectivity index (χ4n) is 4.80. The van der Waals surface area contributed by atoms with E-state index in [-0.39, 0.29) is 30.4 Å². The van der Waals surface area contributed by atoms with Gasteiger partial charge in [0, 0.05) is 18.7 Å². The maximum absolute atomic E-state index is 12.2. The van der Waals surface area contributed by atoms with Gasteiger partial charge in [-0.25, -0.2) is 4.68 Å². The van der Waals surface area contributed by atoms with Crippen LogP contribution in [0.3, 0.4) is 0 Å². The predicted molar refractivity (Wildman–Crippen MR) is 125 cm³/mol. The second-order valence-corrected chi connectivity index (χ2v) is 8.57. The van der Waals surface area contributed by atoms with Crippen molar-refractivity contribution in [3.05, 3.63) is 42.5 Å². The van der Waals surface area contributed by atoms with E-state index < -0.39 is 5.91 Å². The molecule has 2 aromatic rings. The first kappa shape index (κ1) is 23.4. The maximum atomic E-state index is 12.2. The van der Waals surface area contributed by atoms with E-state index in [9.17, 15) is 9.59 Å². The van der Waals surface area contributed by atoms with Crippen LogP contribution in [-0.2, 0) is 4.79 Å². The molecule has 2 amide bonds. The van der Waals surface area contributed by atoms with Crippen LogP contribution in [0, 0.1) is 5.41 Å². The minimum Gasteiger partial charge on any atom is -0.494 e. The summed E-state index contributed by atoms with van der Waals surface area (Å²) in [6.07, 6.45) is 4.98. The average Bonchev–Trinajstić information content (AvgIpc) is 3.33. The molecule has 2 fully saturated rings. The summed E-state index contributed by atoms with van der Waals surface area (Å²) in [5.74, 6) is 0.441. The Kier molecular flexibility index (Phi) is 6.62. The lowest BCUT2D eigenvalue weighted by Gasteiger charge is -2.45. The van der Waals surface area contributed by atoms with Gasteiger partial charge >= 0.3 is 0 Å². The molecule has 4 N–H and O–H groups in total. The van der Waals surface area contributed by atoms with Crippen molar-refractivity contribution in [3.63, 3.8) is 0 Å². The van der Waals surface area contributed by atoms with Crippen molar-refractivity contribution in [2.75, 3.05) is 25.4 Å². The molecule has 1 aliphatic heterocycles. The second-order valence-electron chi connectivity index (χ2n) is 8.57. The molecule has 0 unspecified atom stereocenters. The highest BCUT2D eigenvalue weighted by Crippen LogP contribution is 2.54. The molecule has 172 valence electrons. The van der Waals surface area contributed by atoms with Crippen LogP contribution in [0.4, 0.5) is 5.82 Å². The minimum atomic E-state index is -0.595. The fourth-order valence-corrected chi connectivity index (χ4v) is 4.80. The number of carbonyl (C=O) groups excluding carboxylic acids is 2. The van der Waals surface area contributed by atoms with Gasteiger partial charge in [-0.1, -0.05) is 20.9 Å². The van der Waals surface area contributed by atoms with Crippen LogP contribution in [-0.4, -0.2) is 46.2 Å². The molecule has 1 aromatic carbocycles. The first-order valence-electron chi connectivity index (χ1n) is 10.7. The van der Waals surface area contributed by atoms with Crippen molar-refractivity contribution in [2.45, 2.75) is 46.1 Å². The molecule has 2 aliphatic rings. The number of anilines is 1. The van der Waals surface area contributed by atoms with Gasteiger partial charge < -0.3 is 21.1 Å². The summed E-state index contributed by atoms with van der Waals surface area (Å²) in [5, 5.41) is 4.69. The lowest BCUT2D eigenvalue weighted by Crippen LogP contribution is -2.42. The third-order valence-corrected chi connectivity index (χ3v) is 6.40. The number of nitrogens with zero attached hydrogens (tertiary/aromatic N) is 3. The molecule has 2 heterocycles. The molecule has 1 saturated carbocycles. The van der Waals surface area contributed by atoms with Gasteiger partial charge in [-0.2, -0.15) is 5.10 Å². The van der Waals surface area contributed by atoms with Crippen LogP contribution in [0.2, 0.25) is 0 Å². The number of ether oxygens (including phenoxy) is 1. The molecule has 32 heavy (non-hydrogen) atoms. The molecule has 8 nitrogen and oxygen atoms in total. The maximum Gasteiger partial charge on any atom is 0.254 e. The zero-order valence-electron chi connectivity index (χ0n) is 17.8. The molecular formula is C24H33N5O3. The number of hydrogen-bond donors (Lipinski definition) is 2. The number of nitrogens with two attached hydrogens (primary N) is 2. The Labute approximate surface area is 189 Å². The van der Waals surface area contributed by atoms with Gasteiger partial charge in [-0.3, -0.25) is 9.59 Å². The summed E-state index contributed by atoms with van der Waals surface area (Å²) in [6, 6.07) is 7.52. The van der Waals surface area contributed by atoms with Crippen molar-refractivity contribution in [3.8, 4) is 17.0 Å². The van der Waals surface area contributed by atoms with Crippen LogP contribution < -0.4 is 16.2 Å². The van der Waals surface area contributed by atoms with Crippen molar-refractivity contribution >= 4 is 17.6 Å². The van der Waals surface area contributed by atoms with Gasteiger partial charge in [-0.05, 0) is 61.4 Å². The lowest BCUT2D eigenvalue weighted by molar-refractivity contribution is -0.125. The zero-order valence-corrected chi connectivity index (χ0v) is 17.8. The predicted octanol–water partition coefficient (Wildman–Crippen LogP) is 3.40. The second kappa shape index (κ2) is 9.06. The quantitative estimate of drug-likeness (QED) is 0.642. The number of aromatic nitrogens is 2. The highest BCUT2D eigenvalue weighted by Gasteiger charge is 2.50. The Morgan fingerprint density at radius 1 is 1.31 bits per heavy atom. The van der Waals surface area contributed by atoms with Gasteiger partial charge in [0.1, 0.15) is 22.8 Å². The van der Waals surface area contributed by atoms with Gasteiger partial charge in [-0.15, -0.1) is 0 Å². The Bertz CT molecular complexity index is 1010. The van der Waals surface area contributed by atoms with E-state index in [0.29, 0.717) is 18.1 Å². The summed E-state index contributed by atoms with van der Waals surface area (Å²) < 4.78 is 7.36. The molecule has 8 heteroatoms. The number of likely N-dealkylation sites (tertiary alicyclic amines) is 1. The van der Waals surface area contributed by atoms with E-state index in [4.69, 9.17) is 21.3 Å².